The molecule has 1 saturated heterocycles. The molecule has 0 spiro atoms. The van der Waals surface area contributed by atoms with Gasteiger partial charge in [-0.2, -0.15) is 0 Å². The van der Waals surface area contributed by atoms with Crippen LogP contribution in [0.25, 0.3) is 0 Å². The fraction of sp³-hybridized carbons (Fsp3) is 0.588. The number of likely N-dealkylation sites (tertiary alicyclic amines) is 1. The highest BCUT2D eigenvalue weighted by molar-refractivity contribution is 5.81. The van der Waals surface area contributed by atoms with E-state index in [0.717, 1.165) is 18.4 Å². The van der Waals surface area contributed by atoms with Gasteiger partial charge in [-0.1, -0.05) is 30.3 Å². The first-order valence-corrected chi connectivity index (χ1v) is 7.75. The minimum atomic E-state index is -0.884. The van der Waals surface area contributed by atoms with E-state index in [2.05, 4.69) is 0 Å². The summed E-state index contributed by atoms with van der Waals surface area (Å²) in [5.41, 5.74) is 0.0627. The Bertz CT molecular complexity index is 513. The third-order valence-corrected chi connectivity index (χ3v) is 4.84. The van der Waals surface area contributed by atoms with Gasteiger partial charge in [-0.25, -0.2) is 0 Å². The highest BCUT2D eigenvalue weighted by Crippen LogP contribution is 2.38. The smallest absolute Gasteiger partial charge is 0.225 e. The van der Waals surface area contributed by atoms with Crippen LogP contribution in [0.4, 0.5) is 0 Å². The number of likely N-dealkylation sites (N-methyl/N-ethyl adjacent to an activating group) is 1. The SMILES string of the molecule is CN(C)[C@@H]1CN(C(=O)C2CC2)CC[C@]1(O)c1ccccc1. The highest BCUT2D eigenvalue weighted by atomic mass is 16.3. The van der Waals surface area contributed by atoms with Gasteiger partial charge in [-0.15, -0.1) is 0 Å². The van der Waals surface area contributed by atoms with Crippen molar-refractivity contribution in [2.24, 2.45) is 5.92 Å². The third-order valence-electron chi connectivity index (χ3n) is 4.84. The Balaban J connectivity index is 1.84. The van der Waals surface area contributed by atoms with Crippen LogP contribution in [0.1, 0.15) is 24.8 Å². The topological polar surface area (TPSA) is 43.8 Å². The molecule has 114 valence electrons. The molecular weight excluding hydrogens is 264 g/mol. The Morgan fingerprint density at radius 3 is 2.52 bits per heavy atom. The number of piperidine rings is 1. The minimum absolute atomic E-state index is 0.0728. The summed E-state index contributed by atoms with van der Waals surface area (Å²) in [5.74, 6) is 0.521. The van der Waals surface area contributed by atoms with Gasteiger partial charge in [0.1, 0.15) is 5.60 Å². The van der Waals surface area contributed by atoms with E-state index >= 15 is 0 Å². The average molecular weight is 288 g/mol. The molecule has 1 heterocycles. The number of benzene rings is 1. The third kappa shape index (κ3) is 2.70. The van der Waals surface area contributed by atoms with E-state index in [1.54, 1.807) is 0 Å². The van der Waals surface area contributed by atoms with Crippen LogP contribution < -0.4 is 0 Å². The van der Waals surface area contributed by atoms with E-state index in [4.69, 9.17) is 0 Å². The van der Waals surface area contributed by atoms with Crippen LogP contribution in [0.15, 0.2) is 30.3 Å². The Morgan fingerprint density at radius 1 is 1.29 bits per heavy atom. The zero-order valence-corrected chi connectivity index (χ0v) is 12.8. The van der Waals surface area contributed by atoms with Crippen LogP contribution in [0.2, 0.25) is 0 Å². The van der Waals surface area contributed by atoms with Crippen LogP contribution >= 0.6 is 0 Å². The van der Waals surface area contributed by atoms with Crippen molar-refractivity contribution in [2.75, 3.05) is 27.2 Å². The molecule has 1 amide bonds. The maximum atomic E-state index is 12.3. The number of carbonyl (C=O) groups excluding carboxylic acids is 1. The molecule has 0 unspecified atom stereocenters. The lowest BCUT2D eigenvalue weighted by Crippen LogP contribution is -2.60. The quantitative estimate of drug-likeness (QED) is 0.915. The first-order chi connectivity index (χ1) is 10.0. The molecule has 2 atom stereocenters. The van der Waals surface area contributed by atoms with Crippen molar-refractivity contribution >= 4 is 5.91 Å². The Labute approximate surface area is 126 Å². The minimum Gasteiger partial charge on any atom is -0.383 e. The fourth-order valence-corrected chi connectivity index (χ4v) is 3.37. The molecule has 4 nitrogen and oxygen atoms in total. The monoisotopic (exact) mass is 288 g/mol. The summed E-state index contributed by atoms with van der Waals surface area (Å²) in [6.07, 6.45) is 2.66. The summed E-state index contributed by atoms with van der Waals surface area (Å²) in [6, 6.07) is 9.77. The lowest BCUT2D eigenvalue weighted by Gasteiger charge is -2.47. The van der Waals surface area contributed by atoms with E-state index in [0.29, 0.717) is 19.5 Å². The molecule has 1 N–H and O–H groups in total. The van der Waals surface area contributed by atoms with Gasteiger partial charge in [0.15, 0.2) is 0 Å². The first kappa shape index (κ1) is 14.5. The van der Waals surface area contributed by atoms with Crippen LogP contribution in [0.5, 0.6) is 0 Å². The normalized spacial score (nSPS) is 29.7. The van der Waals surface area contributed by atoms with Crippen molar-refractivity contribution < 1.29 is 9.90 Å². The van der Waals surface area contributed by atoms with Gasteiger partial charge < -0.3 is 14.9 Å². The van der Waals surface area contributed by atoms with Crippen LogP contribution in [0.3, 0.4) is 0 Å². The standard InChI is InChI=1S/C17H24N2O2/c1-18(2)15-12-19(16(20)13-8-9-13)11-10-17(15,21)14-6-4-3-5-7-14/h3-7,13,15,21H,8-12H2,1-2H3/t15-,17+/m1/s1. The Morgan fingerprint density at radius 2 is 1.95 bits per heavy atom. The summed E-state index contributed by atoms with van der Waals surface area (Å²) in [5, 5.41) is 11.2. The number of nitrogens with zero attached hydrogens (tertiary/aromatic N) is 2. The van der Waals surface area contributed by atoms with Crippen molar-refractivity contribution in [2.45, 2.75) is 30.9 Å². The number of hydrogen-bond acceptors (Lipinski definition) is 3. The van der Waals surface area contributed by atoms with Crippen molar-refractivity contribution in [1.29, 1.82) is 0 Å². The van der Waals surface area contributed by atoms with Crippen LogP contribution in [0, 0.1) is 5.92 Å². The highest BCUT2D eigenvalue weighted by Gasteiger charge is 2.46. The van der Waals surface area contributed by atoms with Crippen molar-refractivity contribution in [3.63, 3.8) is 0 Å². The summed E-state index contributed by atoms with van der Waals surface area (Å²) < 4.78 is 0. The average Bonchev–Trinajstić information content (AvgIpc) is 3.32. The van der Waals surface area contributed by atoms with Crippen molar-refractivity contribution in [3.8, 4) is 0 Å². The zero-order chi connectivity index (χ0) is 15.0. The molecule has 3 rings (SSSR count). The van der Waals surface area contributed by atoms with Crippen molar-refractivity contribution in [1.82, 2.24) is 9.80 Å². The van der Waals surface area contributed by atoms with Crippen LogP contribution in [-0.4, -0.2) is 54.0 Å². The van der Waals surface area contributed by atoms with E-state index in [-0.39, 0.29) is 17.9 Å². The second-order valence-corrected chi connectivity index (χ2v) is 6.58. The molecule has 1 aliphatic carbocycles. The Kier molecular flexibility index (Phi) is 3.76. The lowest BCUT2D eigenvalue weighted by molar-refractivity contribution is -0.143. The zero-order valence-electron chi connectivity index (χ0n) is 12.8. The molecule has 1 aromatic rings. The molecular formula is C17H24N2O2. The van der Waals surface area contributed by atoms with Gasteiger partial charge >= 0.3 is 0 Å². The summed E-state index contributed by atoms with van der Waals surface area (Å²) in [4.78, 5) is 16.3. The molecule has 1 aromatic carbocycles. The number of carbonyl (C=O) groups is 1. The molecule has 0 aromatic heterocycles. The maximum absolute atomic E-state index is 12.3. The molecule has 2 fully saturated rings. The Hall–Kier alpha value is -1.39. The molecule has 1 aliphatic heterocycles. The molecule has 0 radical (unpaired) electrons. The molecule has 0 bridgehead atoms. The molecule has 21 heavy (non-hydrogen) atoms. The maximum Gasteiger partial charge on any atom is 0.225 e. The van der Waals surface area contributed by atoms with Crippen molar-refractivity contribution in [3.05, 3.63) is 35.9 Å². The van der Waals surface area contributed by atoms with Crippen LogP contribution in [-0.2, 0) is 10.4 Å². The fourth-order valence-electron chi connectivity index (χ4n) is 3.37. The first-order valence-electron chi connectivity index (χ1n) is 7.75. The number of hydrogen-bond donors (Lipinski definition) is 1. The number of aliphatic hydroxyl groups is 1. The van der Waals surface area contributed by atoms with E-state index in [1.165, 1.54) is 0 Å². The van der Waals surface area contributed by atoms with Gasteiger partial charge in [0.25, 0.3) is 0 Å². The lowest BCUT2D eigenvalue weighted by atomic mass is 9.79. The van der Waals surface area contributed by atoms with E-state index in [9.17, 15) is 9.90 Å². The predicted octanol–water partition coefficient (Wildman–Crippen LogP) is 1.45. The van der Waals surface area contributed by atoms with Gasteiger partial charge in [0.2, 0.25) is 5.91 Å². The van der Waals surface area contributed by atoms with Gasteiger partial charge in [-0.3, -0.25) is 4.79 Å². The summed E-state index contributed by atoms with van der Waals surface area (Å²) >= 11 is 0. The van der Waals surface area contributed by atoms with Gasteiger partial charge in [0.05, 0.1) is 6.04 Å². The molecule has 2 aliphatic rings. The van der Waals surface area contributed by atoms with E-state index < -0.39 is 5.60 Å². The van der Waals surface area contributed by atoms with E-state index in [1.807, 2.05) is 54.2 Å². The second-order valence-electron chi connectivity index (χ2n) is 6.58. The molecule has 1 saturated carbocycles. The van der Waals surface area contributed by atoms with Gasteiger partial charge in [0, 0.05) is 19.0 Å². The summed E-state index contributed by atoms with van der Waals surface area (Å²) in [7, 11) is 3.95. The number of rotatable bonds is 3. The molecule has 4 heteroatoms. The largest absolute Gasteiger partial charge is 0.383 e. The predicted molar refractivity (Wildman–Crippen MR) is 81.7 cm³/mol. The number of amides is 1. The second kappa shape index (κ2) is 5.43. The van der Waals surface area contributed by atoms with Gasteiger partial charge in [-0.05, 0) is 38.9 Å². The summed E-state index contributed by atoms with van der Waals surface area (Å²) in [6.45, 7) is 1.25.